The summed E-state index contributed by atoms with van der Waals surface area (Å²) in [4.78, 5) is 25.5. The molecule has 4 nitrogen and oxygen atoms in total. The van der Waals surface area contributed by atoms with Crippen molar-refractivity contribution in [3.8, 4) is 0 Å². The number of nitrogens with one attached hydrogen (secondary N) is 1. The molecule has 0 saturated heterocycles. The Morgan fingerprint density at radius 1 is 1.35 bits per heavy atom. The van der Waals surface area contributed by atoms with Gasteiger partial charge in [0.1, 0.15) is 0 Å². The summed E-state index contributed by atoms with van der Waals surface area (Å²) in [5.41, 5.74) is 1.49. The predicted molar refractivity (Wildman–Crippen MR) is 83.7 cm³/mol. The van der Waals surface area contributed by atoms with E-state index in [2.05, 4.69) is 21.2 Å². The van der Waals surface area contributed by atoms with Crippen LogP contribution in [0.25, 0.3) is 0 Å². The monoisotopic (exact) mass is 340 g/mol. The first-order valence-corrected chi connectivity index (χ1v) is 7.39. The number of carbonyl (C=O) groups excluding carboxylic acids is 2. The lowest BCUT2D eigenvalue weighted by Gasteiger charge is -2.18. The molecule has 1 rings (SSSR count). The fraction of sp³-hybridized carbons (Fsp3) is 0.467. The van der Waals surface area contributed by atoms with Gasteiger partial charge in [-0.25, -0.2) is 0 Å². The number of carbonyl (C=O) groups is 2. The Hall–Kier alpha value is -1.36. The normalized spacial score (nSPS) is 10.5. The van der Waals surface area contributed by atoms with Gasteiger partial charge in [0.25, 0.3) is 5.91 Å². The number of likely N-dealkylation sites (N-methyl/N-ethyl adjacent to an activating group) is 1. The maximum Gasteiger partial charge on any atom is 0.254 e. The lowest BCUT2D eigenvalue weighted by molar-refractivity contribution is -0.121. The van der Waals surface area contributed by atoms with Gasteiger partial charge in [-0.15, -0.1) is 0 Å². The van der Waals surface area contributed by atoms with E-state index in [1.807, 2.05) is 32.9 Å². The maximum atomic E-state index is 12.3. The van der Waals surface area contributed by atoms with E-state index in [4.69, 9.17) is 0 Å². The number of hydrogen-bond acceptors (Lipinski definition) is 2. The van der Waals surface area contributed by atoms with Crippen LogP contribution in [0.2, 0.25) is 0 Å². The number of benzene rings is 1. The van der Waals surface area contributed by atoms with Crippen molar-refractivity contribution >= 4 is 27.7 Å². The van der Waals surface area contributed by atoms with Gasteiger partial charge in [-0.3, -0.25) is 9.59 Å². The summed E-state index contributed by atoms with van der Waals surface area (Å²) in [6.45, 7) is 6.62. The van der Waals surface area contributed by atoms with Crippen LogP contribution in [0, 0.1) is 12.8 Å². The molecule has 0 radical (unpaired) electrons. The van der Waals surface area contributed by atoms with Crippen molar-refractivity contribution in [1.29, 1.82) is 0 Å². The molecule has 0 fully saturated rings. The lowest BCUT2D eigenvalue weighted by Crippen LogP contribution is -2.39. The van der Waals surface area contributed by atoms with Crippen molar-refractivity contribution in [2.45, 2.75) is 20.8 Å². The minimum absolute atomic E-state index is 0.0670. The predicted octanol–water partition coefficient (Wildman–Crippen LogP) is 2.60. The molecule has 0 aliphatic rings. The average Bonchev–Trinajstić information content (AvgIpc) is 2.38. The van der Waals surface area contributed by atoms with Gasteiger partial charge in [-0.05, 0) is 30.5 Å². The Morgan fingerprint density at radius 3 is 2.60 bits per heavy atom. The number of nitrogens with zero attached hydrogens (tertiary/aromatic N) is 1. The zero-order valence-electron chi connectivity index (χ0n) is 12.4. The molecule has 0 saturated carbocycles. The Bertz CT molecular complexity index is 501. The van der Waals surface area contributed by atoms with Crippen LogP contribution in [-0.2, 0) is 4.79 Å². The highest BCUT2D eigenvalue weighted by atomic mass is 79.9. The smallest absolute Gasteiger partial charge is 0.254 e. The summed E-state index contributed by atoms with van der Waals surface area (Å²) in [5, 5.41) is 2.80. The summed E-state index contributed by atoms with van der Waals surface area (Å²) in [5.74, 6) is 0.109. The van der Waals surface area contributed by atoms with Crippen LogP contribution < -0.4 is 5.32 Å². The molecule has 0 bridgehead atoms. The summed E-state index contributed by atoms with van der Waals surface area (Å²) < 4.78 is 0.890. The fourth-order valence-electron chi connectivity index (χ4n) is 1.71. The van der Waals surface area contributed by atoms with Crippen LogP contribution in [0.4, 0.5) is 0 Å². The van der Waals surface area contributed by atoms with Crippen molar-refractivity contribution in [3.05, 3.63) is 33.8 Å². The van der Waals surface area contributed by atoms with Gasteiger partial charge in [0.15, 0.2) is 0 Å². The van der Waals surface area contributed by atoms with Gasteiger partial charge in [0.2, 0.25) is 5.91 Å². The van der Waals surface area contributed by atoms with E-state index in [1.54, 1.807) is 13.1 Å². The van der Waals surface area contributed by atoms with Gasteiger partial charge in [0, 0.05) is 23.6 Å². The van der Waals surface area contributed by atoms with Gasteiger partial charge >= 0.3 is 0 Å². The third kappa shape index (κ3) is 4.63. The number of halogens is 1. The highest BCUT2D eigenvalue weighted by molar-refractivity contribution is 9.10. The Morgan fingerprint density at radius 2 is 2.00 bits per heavy atom. The molecule has 1 N–H and O–H groups in total. The second-order valence-electron chi connectivity index (χ2n) is 5.27. The summed E-state index contributed by atoms with van der Waals surface area (Å²) in [6, 6.07) is 5.48. The largest absolute Gasteiger partial charge is 0.354 e. The zero-order valence-corrected chi connectivity index (χ0v) is 14.0. The Labute approximate surface area is 128 Å². The molecular formula is C15H21BrN2O2. The van der Waals surface area contributed by atoms with Crippen molar-refractivity contribution in [3.63, 3.8) is 0 Å². The molecule has 0 unspecified atom stereocenters. The quantitative estimate of drug-likeness (QED) is 0.895. The van der Waals surface area contributed by atoms with E-state index in [0.29, 0.717) is 18.0 Å². The number of hydrogen-bond donors (Lipinski definition) is 1. The average molecular weight is 341 g/mol. The van der Waals surface area contributed by atoms with E-state index >= 15 is 0 Å². The van der Waals surface area contributed by atoms with Crippen LogP contribution in [0.15, 0.2) is 22.7 Å². The topological polar surface area (TPSA) is 49.4 Å². The molecule has 0 aromatic heterocycles. The first-order valence-electron chi connectivity index (χ1n) is 6.60. The van der Waals surface area contributed by atoms with Gasteiger partial charge in [-0.2, -0.15) is 0 Å². The van der Waals surface area contributed by atoms with Crippen molar-refractivity contribution in [2.24, 2.45) is 5.92 Å². The second-order valence-corrected chi connectivity index (χ2v) is 6.13. The van der Waals surface area contributed by atoms with Crippen LogP contribution >= 0.6 is 15.9 Å². The molecule has 0 atom stereocenters. The number of amides is 2. The van der Waals surface area contributed by atoms with Crippen LogP contribution in [0.3, 0.4) is 0 Å². The van der Waals surface area contributed by atoms with Gasteiger partial charge in [-0.1, -0.05) is 35.8 Å². The zero-order chi connectivity index (χ0) is 15.3. The van der Waals surface area contributed by atoms with Crippen molar-refractivity contribution in [2.75, 3.05) is 20.1 Å². The van der Waals surface area contributed by atoms with Crippen LogP contribution in [0.1, 0.15) is 29.8 Å². The minimum atomic E-state index is -0.150. The van der Waals surface area contributed by atoms with Crippen molar-refractivity contribution < 1.29 is 9.59 Å². The van der Waals surface area contributed by atoms with Crippen molar-refractivity contribution in [1.82, 2.24) is 10.2 Å². The van der Waals surface area contributed by atoms with Crippen LogP contribution in [0.5, 0.6) is 0 Å². The van der Waals surface area contributed by atoms with Crippen LogP contribution in [-0.4, -0.2) is 36.9 Å². The molecule has 0 heterocycles. The molecule has 20 heavy (non-hydrogen) atoms. The molecular weight excluding hydrogens is 320 g/mol. The van der Waals surface area contributed by atoms with Gasteiger partial charge in [0.05, 0.1) is 6.54 Å². The van der Waals surface area contributed by atoms with E-state index in [-0.39, 0.29) is 18.4 Å². The molecule has 2 amide bonds. The second kappa shape index (κ2) is 7.43. The minimum Gasteiger partial charge on any atom is -0.354 e. The van der Waals surface area contributed by atoms with E-state index in [9.17, 15) is 9.59 Å². The first-order chi connectivity index (χ1) is 9.32. The maximum absolute atomic E-state index is 12.3. The molecule has 0 aliphatic heterocycles. The molecule has 1 aromatic rings. The SMILES string of the molecule is Cc1c(Br)cccc1C(=O)N(C)CC(=O)NCC(C)C. The Balaban J connectivity index is 2.67. The Kier molecular flexibility index (Phi) is 6.20. The summed E-state index contributed by atoms with van der Waals surface area (Å²) in [6.07, 6.45) is 0. The summed E-state index contributed by atoms with van der Waals surface area (Å²) in [7, 11) is 1.64. The van der Waals surface area contributed by atoms with Gasteiger partial charge < -0.3 is 10.2 Å². The fourth-order valence-corrected chi connectivity index (χ4v) is 2.07. The molecule has 5 heteroatoms. The van der Waals surface area contributed by atoms with E-state index in [0.717, 1.165) is 10.0 Å². The highest BCUT2D eigenvalue weighted by Crippen LogP contribution is 2.20. The standard InChI is InChI=1S/C15H21BrN2O2/c1-10(2)8-17-14(19)9-18(4)15(20)12-6-5-7-13(16)11(12)3/h5-7,10H,8-9H2,1-4H3,(H,17,19). The molecule has 110 valence electrons. The summed E-state index contributed by atoms with van der Waals surface area (Å²) >= 11 is 3.41. The molecule has 0 aliphatic carbocycles. The van der Waals surface area contributed by atoms with E-state index in [1.165, 1.54) is 4.90 Å². The van der Waals surface area contributed by atoms with E-state index < -0.39 is 0 Å². The third-order valence-corrected chi connectivity index (χ3v) is 3.79. The first kappa shape index (κ1) is 16.7. The molecule has 1 aromatic carbocycles. The highest BCUT2D eigenvalue weighted by Gasteiger charge is 2.17. The molecule has 0 spiro atoms. The number of rotatable bonds is 5. The lowest BCUT2D eigenvalue weighted by atomic mass is 10.1. The third-order valence-electron chi connectivity index (χ3n) is 2.93.